The number of ether oxygens (including phenoxy) is 2. The number of nitrogens with zero attached hydrogens (tertiary/aromatic N) is 1. The van der Waals surface area contributed by atoms with E-state index in [0.717, 1.165) is 23.4 Å². The first-order valence-electron chi connectivity index (χ1n) is 6.19. The van der Waals surface area contributed by atoms with Crippen molar-refractivity contribution in [3.8, 4) is 5.75 Å². The predicted octanol–water partition coefficient (Wildman–Crippen LogP) is 2.43. The number of pyridine rings is 1. The van der Waals surface area contributed by atoms with Crippen molar-refractivity contribution in [1.82, 2.24) is 4.98 Å². The molecular weight excluding hydrogens is 240 g/mol. The van der Waals surface area contributed by atoms with Crippen LogP contribution in [0.5, 0.6) is 5.75 Å². The van der Waals surface area contributed by atoms with Crippen LogP contribution in [0.3, 0.4) is 0 Å². The van der Waals surface area contributed by atoms with Crippen molar-refractivity contribution in [3.05, 3.63) is 53.9 Å². The second kappa shape index (κ2) is 6.75. The molecule has 0 spiro atoms. The monoisotopic (exact) mass is 258 g/mol. The molecule has 0 amide bonds. The average molecular weight is 258 g/mol. The smallest absolute Gasteiger partial charge is 0.124 e. The van der Waals surface area contributed by atoms with E-state index in [2.05, 4.69) is 4.98 Å². The summed E-state index contributed by atoms with van der Waals surface area (Å²) < 4.78 is 10.9. The Kier molecular flexibility index (Phi) is 4.75. The molecule has 19 heavy (non-hydrogen) atoms. The molecular formula is C15H18N2O2. The van der Waals surface area contributed by atoms with E-state index in [0.29, 0.717) is 18.9 Å². The van der Waals surface area contributed by atoms with Crippen LogP contribution >= 0.6 is 0 Å². The lowest BCUT2D eigenvalue weighted by Gasteiger charge is -2.10. The predicted molar refractivity (Wildman–Crippen MR) is 75.0 cm³/mol. The van der Waals surface area contributed by atoms with Crippen LogP contribution in [0.25, 0.3) is 0 Å². The van der Waals surface area contributed by atoms with Gasteiger partial charge in [0.05, 0.1) is 20.3 Å². The summed E-state index contributed by atoms with van der Waals surface area (Å²) in [5.74, 6) is 0.798. The van der Waals surface area contributed by atoms with Crippen LogP contribution in [0, 0.1) is 0 Å². The molecule has 0 saturated heterocycles. The van der Waals surface area contributed by atoms with Gasteiger partial charge in [-0.25, -0.2) is 0 Å². The number of benzene rings is 1. The fourth-order valence-electron chi connectivity index (χ4n) is 1.82. The number of nitrogen functional groups attached to an aromatic ring is 1. The second-order valence-electron chi connectivity index (χ2n) is 4.19. The summed E-state index contributed by atoms with van der Waals surface area (Å²) in [7, 11) is 1.64. The molecule has 2 rings (SSSR count). The van der Waals surface area contributed by atoms with E-state index in [1.807, 2.05) is 36.4 Å². The van der Waals surface area contributed by atoms with Gasteiger partial charge in [0.1, 0.15) is 5.75 Å². The number of methoxy groups -OCH3 is 1. The standard InChI is InChI=1S/C15H18N2O2/c1-18-15-6-5-13(16)10-12(15)11-19-9-7-14-4-2-3-8-17-14/h2-6,8,10H,7,9,11,16H2,1H3. The Morgan fingerprint density at radius 1 is 1.21 bits per heavy atom. The van der Waals surface area contributed by atoms with Crippen molar-refractivity contribution >= 4 is 5.69 Å². The number of hydrogen-bond acceptors (Lipinski definition) is 4. The highest BCUT2D eigenvalue weighted by molar-refractivity contribution is 5.47. The van der Waals surface area contributed by atoms with Crippen molar-refractivity contribution in [2.45, 2.75) is 13.0 Å². The van der Waals surface area contributed by atoms with Crippen LogP contribution in [0.15, 0.2) is 42.6 Å². The van der Waals surface area contributed by atoms with Crippen molar-refractivity contribution in [1.29, 1.82) is 0 Å². The molecule has 1 heterocycles. The third-order valence-corrected chi connectivity index (χ3v) is 2.79. The topological polar surface area (TPSA) is 57.4 Å². The number of rotatable bonds is 6. The Balaban J connectivity index is 1.84. The summed E-state index contributed by atoms with van der Waals surface area (Å²) in [6, 6.07) is 11.4. The minimum Gasteiger partial charge on any atom is -0.496 e. The van der Waals surface area contributed by atoms with E-state index in [1.165, 1.54) is 0 Å². The van der Waals surface area contributed by atoms with Crippen LogP contribution in [0.4, 0.5) is 5.69 Å². The van der Waals surface area contributed by atoms with Gasteiger partial charge < -0.3 is 15.2 Å². The maximum absolute atomic E-state index is 5.76. The van der Waals surface area contributed by atoms with Crippen LogP contribution in [-0.2, 0) is 17.8 Å². The van der Waals surface area contributed by atoms with Crippen LogP contribution in [0.2, 0.25) is 0 Å². The van der Waals surface area contributed by atoms with Crippen molar-refractivity contribution in [2.24, 2.45) is 0 Å². The third kappa shape index (κ3) is 3.96. The van der Waals surface area contributed by atoms with E-state index < -0.39 is 0 Å². The molecule has 4 nitrogen and oxygen atoms in total. The third-order valence-electron chi connectivity index (χ3n) is 2.79. The molecule has 0 fully saturated rings. The first-order chi connectivity index (χ1) is 9.29. The Morgan fingerprint density at radius 2 is 2.11 bits per heavy atom. The molecule has 1 aromatic heterocycles. The summed E-state index contributed by atoms with van der Waals surface area (Å²) in [6.45, 7) is 1.11. The molecule has 0 aliphatic heterocycles. The summed E-state index contributed by atoms with van der Waals surface area (Å²) in [5, 5.41) is 0. The van der Waals surface area contributed by atoms with Crippen LogP contribution in [-0.4, -0.2) is 18.7 Å². The van der Waals surface area contributed by atoms with Crippen molar-refractivity contribution in [3.63, 3.8) is 0 Å². The highest BCUT2D eigenvalue weighted by Crippen LogP contribution is 2.21. The molecule has 0 atom stereocenters. The lowest BCUT2D eigenvalue weighted by molar-refractivity contribution is 0.121. The highest BCUT2D eigenvalue weighted by Gasteiger charge is 2.03. The van der Waals surface area contributed by atoms with Gasteiger partial charge in [-0.15, -0.1) is 0 Å². The quantitative estimate of drug-likeness (QED) is 0.638. The number of anilines is 1. The normalized spacial score (nSPS) is 10.4. The summed E-state index contributed by atoms with van der Waals surface area (Å²) in [5.41, 5.74) is 8.46. The van der Waals surface area contributed by atoms with E-state index in [4.69, 9.17) is 15.2 Å². The molecule has 0 unspecified atom stereocenters. The fraction of sp³-hybridized carbons (Fsp3) is 0.267. The van der Waals surface area contributed by atoms with E-state index in [-0.39, 0.29) is 0 Å². The fourth-order valence-corrected chi connectivity index (χ4v) is 1.82. The van der Waals surface area contributed by atoms with Crippen LogP contribution in [0.1, 0.15) is 11.3 Å². The molecule has 0 radical (unpaired) electrons. The zero-order valence-corrected chi connectivity index (χ0v) is 11.0. The lowest BCUT2D eigenvalue weighted by atomic mass is 10.2. The molecule has 4 heteroatoms. The number of aromatic nitrogens is 1. The maximum atomic E-state index is 5.76. The number of hydrogen-bond donors (Lipinski definition) is 1. The molecule has 1 aromatic carbocycles. The lowest BCUT2D eigenvalue weighted by Crippen LogP contribution is -2.02. The Hall–Kier alpha value is -2.07. The highest BCUT2D eigenvalue weighted by atomic mass is 16.5. The second-order valence-corrected chi connectivity index (χ2v) is 4.19. The molecule has 0 bridgehead atoms. The van der Waals surface area contributed by atoms with E-state index >= 15 is 0 Å². The first-order valence-corrected chi connectivity index (χ1v) is 6.19. The molecule has 0 aliphatic carbocycles. The Labute approximate surface area is 113 Å². The average Bonchev–Trinajstić information content (AvgIpc) is 2.45. The van der Waals surface area contributed by atoms with Gasteiger partial charge in [0.25, 0.3) is 0 Å². The van der Waals surface area contributed by atoms with Gasteiger partial charge in [0.2, 0.25) is 0 Å². The van der Waals surface area contributed by atoms with Gasteiger partial charge in [-0.1, -0.05) is 6.07 Å². The molecule has 0 aliphatic rings. The van der Waals surface area contributed by atoms with Gasteiger partial charge in [-0.2, -0.15) is 0 Å². The Bertz CT molecular complexity index is 515. The van der Waals surface area contributed by atoms with Gasteiger partial charge in [-0.3, -0.25) is 4.98 Å². The maximum Gasteiger partial charge on any atom is 0.124 e. The summed E-state index contributed by atoms with van der Waals surface area (Å²) in [4.78, 5) is 4.25. The Morgan fingerprint density at radius 3 is 2.84 bits per heavy atom. The van der Waals surface area contributed by atoms with E-state index in [1.54, 1.807) is 13.3 Å². The van der Waals surface area contributed by atoms with Gasteiger partial charge in [0.15, 0.2) is 0 Å². The van der Waals surface area contributed by atoms with Crippen molar-refractivity contribution in [2.75, 3.05) is 19.5 Å². The minimum absolute atomic E-state index is 0.487. The van der Waals surface area contributed by atoms with Crippen molar-refractivity contribution < 1.29 is 9.47 Å². The zero-order chi connectivity index (χ0) is 13.5. The minimum atomic E-state index is 0.487. The summed E-state index contributed by atoms with van der Waals surface area (Å²) in [6.07, 6.45) is 2.59. The first kappa shape index (κ1) is 13.4. The van der Waals surface area contributed by atoms with E-state index in [9.17, 15) is 0 Å². The molecule has 2 N–H and O–H groups in total. The van der Waals surface area contributed by atoms with Gasteiger partial charge >= 0.3 is 0 Å². The van der Waals surface area contributed by atoms with Gasteiger partial charge in [-0.05, 0) is 30.3 Å². The summed E-state index contributed by atoms with van der Waals surface area (Å²) >= 11 is 0. The molecule has 0 saturated carbocycles. The molecule has 2 aromatic rings. The zero-order valence-electron chi connectivity index (χ0n) is 11.0. The van der Waals surface area contributed by atoms with Crippen LogP contribution < -0.4 is 10.5 Å². The number of nitrogens with two attached hydrogens (primary N) is 1. The largest absolute Gasteiger partial charge is 0.496 e. The van der Waals surface area contributed by atoms with Gasteiger partial charge in [0, 0.05) is 29.6 Å². The molecule has 100 valence electrons. The SMILES string of the molecule is COc1ccc(N)cc1COCCc1ccccn1.